The van der Waals surface area contributed by atoms with Crippen molar-refractivity contribution in [2.45, 2.75) is 33.0 Å². The molecule has 1 heterocycles. The molecule has 0 aliphatic heterocycles. The molecule has 0 atom stereocenters. The van der Waals surface area contributed by atoms with E-state index in [1.807, 2.05) is 29.1 Å². The molecule has 0 aliphatic rings. The monoisotopic (exact) mass is 234 g/mol. The van der Waals surface area contributed by atoms with Crippen LogP contribution in [0.4, 0.5) is 0 Å². The molecule has 0 aliphatic carbocycles. The zero-order valence-corrected chi connectivity index (χ0v) is 10.2. The zero-order valence-electron chi connectivity index (χ0n) is 10.2. The molecular weight excluding hydrogens is 216 g/mol. The fourth-order valence-corrected chi connectivity index (χ4v) is 1.38. The van der Waals surface area contributed by atoms with Gasteiger partial charge in [-0.2, -0.15) is 5.26 Å². The van der Waals surface area contributed by atoms with Crippen LogP contribution in [0.3, 0.4) is 0 Å². The summed E-state index contributed by atoms with van der Waals surface area (Å²) in [5, 5.41) is 14.1. The lowest BCUT2D eigenvalue weighted by atomic mass is 10.3. The lowest BCUT2D eigenvalue weighted by molar-refractivity contribution is -0.121. The predicted molar refractivity (Wildman–Crippen MR) is 65.0 cm³/mol. The molecule has 0 saturated carbocycles. The van der Waals surface area contributed by atoms with E-state index in [0.29, 0.717) is 6.04 Å². The van der Waals surface area contributed by atoms with Crippen molar-refractivity contribution in [1.82, 2.24) is 15.2 Å². The highest BCUT2D eigenvalue weighted by atomic mass is 16.1. The Morgan fingerprint density at radius 3 is 3.00 bits per heavy atom. The standard InChI is InChI=1S/C12H18N4O/c1-10(2)15-7-11-3-6-16(8-11)9-12(17)14-5-4-13/h3,6,8,10,15H,5,7,9H2,1-2H3,(H,14,17). The van der Waals surface area contributed by atoms with Gasteiger partial charge in [-0.1, -0.05) is 13.8 Å². The van der Waals surface area contributed by atoms with E-state index in [-0.39, 0.29) is 19.0 Å². The van der Waals surface area contributed by atoms with Gasteiger partial charge in [0.05, 0.1) is 6.07 Å². The van der Waals surface area contributed by atoms with Gasteiger partial charge in [-0.3, -0.25) is 4.79 Å². The van der Waals surface area contributed by atoms with Crippen LogP contribution in [0.5, 0.6) is 0 Å². The minimum absolute atomic E-state index is 0.0574. The Hall–Kier alpha value is -1.80. The van der Waals surface area contributed by atoms with Gasteiger partial charge in [-0.15, -0.1) is 0 Å². The third-order valence-electron chi connectivity index (χ3n) is 2.22. The van der Waals surface area contributed by atoms with Gasteiger partial charge < -0.3 is 15.2 Å². The molecule has 0 saturated heterocycles. The Morgan fingerprint density at radius 1 is 1.59 bits per heavy atom. The number of carbonyl (C=O) groups excluding carboxylic acids is 1. The first kappa shape index (κ1) is 13.3. The molecule has 1 rings (SSSR count). The number of hydrogen-bond donors (Lipinski definition) is 2. The first-order valence-corrected chi connectivity index (χ1v) is 5.63. The fraction of sp³-hybridized carbons (Fsp3) is 0.500. The van der Waals surface area contributed by atoms with Crippen molar-refractivity contribution in [2.24, 2.45) is 0 Å². The lowest BCUT2D eigenvalue weighted by Crippen LogP contribution is -2.27. The summed E-state index contributed by atoms with van der Waals surface area (Å²) in [5.41, 5.74) is 1.15. The maximum atomic E-state index is 11.3. The second-order valence-corrected chi connectivity index (χ2v) is 4.16. The summed E-state index contributed by atoms with van der Waals surface area (Å²) in [5.74, 6) is -0.148. The number of aromatic nitrogens is 1. The van der Waals surface area contributed by atoms with Crippen LogP contribution in [-0.4, -0.2) is 23.1 Å². The molecular formula is C12H18N4O. The first-order valence-electron chi connectivity index (χ1n) is 5.63. The third kappa shape index (κ3) is 5.18. The Labute approximate surface area is 101 Å². The number of hydrogen-bond acceptors (Lipinski definition) is 3. The molecule has 0 fully saturated rings. The maximum Gasteiger partial charge on any atom is 0.240 e. The van der Waals surface area contributed by atoms with E-state index in [4.69, 9.17) is 5.26 Å². The number of rotatable bonds is 6. The number of carbonyl (C=O) groups is 1. The molecule has 1 aromatic rings. The quantitative estimate of drug-likeness (QED) is 0.709. The second kappa shape index (κ2) is 6.71. The van der Waals surface area contributed by atoms with E-state index in [0.717, 1.165) is 12.1 Å². The molecule has 17 heavy (non-hydrogen) atoms. The van der Waals surface area contributed by atoms with E-state index < -0.39 is 0 Å². The SMILES string of the molecule is CC(C)NCc1ccn(CC(=O)NCC#N)c1. The summed E-state index contributed by atoms with van der Waals surface area (Å²) in [7, 11) is 0. The second-order valence-electron chi connectivity index (χ2n) is 4.16. The van der Waals surface area contributed by atoms with Crippen LogP contribution in [0.25, 0.3) is 0 Å². The van der Waals surface area contributed by atoms with Crippen molar-refractivity contribution >= 4 is 5.91 Å². The van der Waals surface area contributed by atoms with Gasteiger partial charge in [0.2, 0.25) is 5.91 Å². The summed E-state index contributed by atoms with van der Waals surface area (Å²) in [6.45, 7) is 5.29. The molecule has 1 amide bonds. The van der Waals surface area contributed by atoms with E-state index >= 15 is 0 Å². The summed E-state index contributed by atoms with van der Waals surface area (Å²) in [6.07, 6.45) is 3.80. The molecule has 0 aromatic carbocycles. The fourth-order valence-electron chi connectivity index (χ4n) is 1.38. The zero-order chi connectivity index (χ0) is 12.7. The molecule has 0 unspecified atom stereocenters. The van der Waals surface area contributed by atoms with Gasteiger partial charge in [-0.05, 0) is 11.6 Å². The topological polar surface area (TPSA) is 69.8 Å². The van der Waals surface area contributed by atoms with Crippen LogP contribution < -0.4 is 10.6 Å². The normalized spacial score (nSPS) is 10.2. The van der Waals surface area contributed by atoms with Crippen molar-refractivity contribution < 1.29 is 4.79 Å². The molecule has 0 bridgehead atoms. The van der Waals surface area contributed by atoms with E-state index in [1.165, 1.54) is 0 Å². The molecule has 2 N–H and O–H groups in total. The number of nitrogens with zero attached hydrogens (tertiary/aromatic N) is 2. The van der Waals surface area contributed by atoms with Crippen molar-refractivity contribution in [3.8, 4) is 6.07 Å². The summed E-state index contributed by atoms with van der Waals surface area (Å²) in [4.78, 5) is 11.3. The van der Waals surface area contributed by atoms with Crippen LogP contribution in [0.2, 0.25) is 0 Å². The maximum absolute atomic E-state index is 11.3. The Morgan fingerprint density at radius 2 is 2.35 bits per heavy atom. The molecule has 92 valence electrons. The Balaban J connectivity index is 2.40. The first-order chi connectivity index (χ1) is 8.11. The molecule has 0 radical (unpaired) electrons. The van der Waals surface area contributed by atoms with Crippen LogP contribution in [0.15, 0.2) is 18.5 Å². The van der Waals surface area contributed by atoms with Gasteiger partial charge in [0.25, 0.3) is 0 Å². The number of nitrogens with one attached hydrogen (secondary N) is 2. The number of nitriles is 1. The van der Waals surface area contributed by atoms with Gasteiger partial charge in [-0.25, -0.2) is 0 Å². The van der Waals surface area contributed by atoms with Crippen LogP contribution in [0.1, 0.15) is 19.4 Å². The van der Waals surface area contributed by atoms with E-state index in [9.17, 15) is 4.79 Å². The van der Waals surface area contributed by atoms with Gasteiger partial charge in [0, 0.05) is 25.0 Å². The Kier molecular flexibility index (Phi) is 5.24. The predicted octanol–water partition coefficient (Wildman–Crippen LogP) is 0.626. The van der Waals surface area contributed by atoms with Crippen LogP contribution >= 0.6 is 0 Å². The van der Waals surface area contributed by atoms with Crippen LogP contribution in [0, 0.1) is 11.3 Å². The summed E-state index contributed by atoms with van der Waals surface area (Å²) < 4.78 is 1.81. The molecule has 5 nitrogen and oxygen atoms in total. The highest BCUT2D eigenvalue weighted by Gasteiger charge is 2.03. The minimum atomic E-state index is -0.148. The highest BCUT2D eigenvalue weighted by Crippen LogP contribution is 2.01. The van der Waals surface area contributed by atoms with Crippen LogP contribution in [-0.2, 0) is 17.9 Å². The van der Waals surface area contributed by atoms with E-state index in [2.05, 4.69) is 24.5 Å². The van der Waals surface area contributed by atoms with E-state index in [1.54, 1.807) is 0 Å². The minimum Gasteiger partial charge on any atom is -0.345 e. The average Bonchev–Trinajstić information content (AvgIpc) is 2.71. The van der Waals surface area contributed by atoms with Gasteiger partial charge in [0.15, 0.2) is 0 Å². The van der Waals surface area contributed by atoms with Crippen molar-refractivity contribution in [3.63, 3.8) is 0 Å². The average molecular weight is 234 g/mol. The Bertz CT molecular complexity index is 403. The summed E-state index contributed by atoms with van der Waals surface area (Å²) in [6, 6.07) is 4.29. The van der Waals surface area contributed by atoms with Crippen molar-refractivity contribution in [1.29, 1.82) is 5.26 Å². The molecule has 0 spiro atoms. The van der Waals surface area contributed by atoms with Gasteiger partial charge >= 0.3 is 0 Å². The highest BCUT2D eigenvalue weighted by molar-refractivity contribution is 5.75. The smallest absolute Gasteiger partial charge is 0.240 e. The third-order valence-corrected chi connectivity index (χ3v) is 2.22. The summed E-state index contributed by atoms with van der Waals surface area (Å²) >= 11 is 0. The number of amides is 1. The van der Waals surface area contributed by atoms with Gasteiger partial charge in [0.1, 0.15) is 13.1 Å². The lowest BCUT2D eigenvalue weighted by Gasteiger charge is -2.06. The van der Waals surface area contributed by atoms with Crippen molar-refractivity contribution in [3.05, 3.63) is 24.0 Å². The molecule has 5 heteroatoms. The molecule has 1 aromatic heterocycles. The van der Waals surface area contributed by atoms with Crippen molar-refractivity contribution in [2.75, 3.05) is 6.54 Å². The largest absolute Gasteiger partial charge is 0.345 e.